The molecule has 0 atom stereocenters. The second kappa shape index (κ2) is 8.16. The molecular formula is C25H19N3O2S. The van der Waals surface area contributed by atoms with E-state index in [9.17, 15) is 9.59 Å². The van der Waals surface area contributed by atoms with Crippen LogP contribution in [0.15, 0.2) is 89.9 Å². The Morgan fingerprint density at radius 1 is 0.871 bits per heavy atom. The zero-order valence-electron chi connectivity index (χ0n) is 16.6. The maximum atomic E-state index is 12.9. The Balaban J connectivity index is 1.42. The molecule has 31 heavy (non-hydrogen) atoms. The van der Waals surface area contributed by atoms with Crippen LogP contribution in [0.1, 0.15) is 10.4 Å². The minimum Gasteiger partial charge on any atom is -0.331 e. The first-order chi connectivity index (χ1) is 15.2. The standard InChI is InChI=1S/C25H19N3O2S/c29-23(27-25-26-15-18(31-25)14-17-8-2-1-3-9-17)16-28-21-12-6-4-10-19(21)24(30)20-11-5-7-13-22(20)28/h1-13,15H,14,16H2,(H,26,27,29). The van der Waals surface area contributed by atoms with Gasteiger partial charge in [-0.05, 0) is 29.8 Å². The molecule has 0 bridgehead atoms. The zero-order valence-corrected chi connectivity index (χ0v) is 17.4. The molecule has 2 heterocycles. The summed E-state index contributed by atoms with van der Waals surface area (Å²) < 4.78 is 1.89. The first kappa shape index (κ1) is 19.2. The molecule has 0 spiro atoms. The number of carbonyl (C=O) groups is 1. The van der Waals surface area contributed by atoms with Crippen molar-refractivity contribution < 1.29 is 4.79 Å². The monoisotopic (exact) mass is 425 g/mol. The van der Waals surface area contributed by atoms with E-state index >= 15 is 0 Å². The van der Waals surface area contributed by atoms with E-state index in [-0.39, 0.29) is 17.9 Å². The van der Waals surface area contributed by atoms with Gasteiger partial charge in [0.2, 0.25) is 5.91 Å². The number of amides is 1. The van der Waals surface area contributed by atoms with E-state index in [4.69, 9.17) is 0 Å². The molecule has 0 aliphatic rings. The molecule has 0 radical (unpaired) electrons. The van der Waals surface area contributed by atoms with Crippen molar-refractivity contribution in [1.29, 1.82) is 0 Å². The minimum absolute atomic E-state index is 0.0201. The number of aromatic nitrogens is 2. The number of anilines is 1. The Morgan fingerprint density at radius 2 is 1.48 bits per heavy atom. The lowest BCUT2D eigenvalue weighted by Gasteiger charge is -2.14. The van der Waals surface area contributed by atoms with Gasteiger partial charge in [-0.1, -0.05) is 54.6 Å². The number of para-hydroxylation sites is 2. The molecule has 0 aliphatic carbocycles. The molecule has 5 nitrogen and oxygen atoms in total. The number of thiazole rings is 1. The topological polar surface area (TPSA) is 64.0 Å². The summed E-state index contributed by atoms with van der Waals surface area (Å²) in [6.07, 6.45) is 2.58. The smallest absolute Gasteiger partial charge is 0.246 e. The predicted octanol–water partition coefficient (Wildman–Crippen LogP) is 4.84. The number of fused-ring (bicyclic) bond motifs is 2. The molecule has 152 valence electrons. The molecule has 1 amide bonds. The maximum Gasteiger partial charge on any atom is 0.246 e. The summed E-state index contributed by atoms with van der Waals surface area (Å²) in [5.74, 6) is -0.181. The fourth-order valence-corrected chi connectivity index (χ4v) is 4.66. The second-order valence-electron chi connectivity index (χ2n) is 7.29. The minimum atomic E-state index is -0.181. The highest BCUT2D eigenvalue weighted by Crippen LogP contribution is 2.22. The molecule has 2 aromatic heterocycles. The predicted molar refractivity (Wildman–Crippen MR) is 126 cm³/mol. The van der Waals surface area contributed by atoms with Gasteiger partial charge in [0.05, 0.1) is 11.0 Å². The van der Waals surface area contributed by atoms with E-state index in [1.807, 2.05) is 59.2 Å². The summed E-state index contributed by atoms with van der Waals surface area (Å²) in [6.45, 7) is 0.0922. The Bertz CT molecular complexity index is 1390. The van der Waals surface area contributed by atoms with Gasteiger partial charge in [0.25, 0.3) is 0 Å². The number of rotatable bonds is 5. The largest absolute Gasteiger partial charge is 0.331 e. The lowest BCUT2D eigenvalue weighted by atomic mass is 10.1. The van der Waals surface area contributed by atoms with Crippen molar-refractivity contribution in [3.63, 3.8) is 0 Å². The summed E-state index contributed by atoms with van der Waals surface area (Å²) in [5.41, 5.74) is 2.67. The van der Waals surface area contributed by atoms with Crippen molar-refractivity contribution in [3.8, 4) is 0 Å². The number of nitrogens with zero attached hydrogens (tertiary/aromatic N) is 2. The first-order valence-corrected chi connectivity index (χ1v) is 10.8. The lowest BCUT2D eigenvalue weighted by molar-refractivity contribution is -0.116. The van der Waals surface area contributed by atoms with Crippen LogP contribution in [0.5, 0.6) is 0 Å². The molecule has 5 aromatic rings. The number of carbonyl (C=O) groups excluding carboxylic acids is 1. The third kappa shape index (κ3) is 3.85. The Morgan fingerprint density at radius 3 is 2.16 bits per heavy atom. The summed E-state index contributed by atoms with van der Waals surface area (Å²) in [7, 11) is 0. The third-order valence-electron chi connectivity index (χ3n) is 5.20. The average molecular weight is 426 g/mol. The normalized spacial score (nSPS) is 11.1. The van der Waals surface area contributed by atoms with Gasteiger partial charge in [-0.15, -0.1) is 11.3 Å². The Hall–Kier alpha value is -3.77. The van der Waals surface area contributed by atoms with Crippen molar-refractivity contribution in [3.05, 3.63) is 106 Å². The van der Waals surface area contributed by atoms with Crippen LogP contribution in [-0.2, 0) is 17.8 Å². The Labute approximate surface area is 182 Å². The average Bonchev–Trinajstić information content (AvgIpc) is 3.23. The molecular weight excluding hydrogens is 406 g/mol. The van der Waals surface area contributed by atoms with Gasteiger partial charge in [0, 0.05) is 28.3 Å². The molecule has 0 saturated carbocycles. The van der Waals surface area contributed by atoms with E-state index < -0.39 is 0 Å². The highest BCUT2D eigenvalue weighted by molar-refractivity contribution is 7.15. The summed E-state index contributed by atoms with van der Waals surface area (Å²) in [4.78, 5) is 31.2. The number of hydrogen-bond donors (Lipinski definition) is 1. The number of pyridine rings is 1. The Kier molecular flexibility index (Phi) is 5.06. The van der Waals surface area contributed by atoms with Gasteiger partial charge in [-0.2, -0.15) is 0 Å². The maximum absolute atomic E-state index is 12.9. The van der Waals surface area contributed by atoms with E-state index in [1.165, 1.54) is 16.9 Å². The van der Waals surface area contributed by atoms with E-state index in [1.54, 1.807) is 18.3 Å². The van der Waals surface area contributed by atoms with Crippen molar-refractivity contribution in [2.24, 2.45) is 0 Å². The van der Waals surface area contributed by atoms with E-state index in [0.29, 0.717) is 15.9 Å². The van der Waals surface area contributed by atoms with Gasteiger partial charge in [-0.3, -0.25) is 9.59 Å². The second-order valence-corrected chi connectivity index (χ2v) is 8.41. The van der Waals surface area contributed by atoms with Gasteiger partial charge in [0.15, 0.2) is 10.6 Å². The van der Waals surface area contributed by atoms with Gasteiger partial charge in [0.1, 0.15) is 6.54 Å². The van der Waals surface area contributed by atoms with E-state index in [0.717, 1.165) is 22.3 Å². The van der Waals surface area contributed by atoms with Crippen LogP contribution >= 0.6 is 11.3 Å². The van der Waals surface area contributed by atoms with Crippen molar-refractivity contribution >= 4 is 44.2 Å². The molecule has 3 aromatic carbocycles. The lowest BCUT2D eigenvalue weighted by Crippen LogP contribution is -2.21. The van der Waals surface area contributed by atoms with Crippen LogP contribution in [0.25, 0.3) is 21.8 Å². The summed E-state index contributed by atoms with van der Waals surface area (Å²) >= 11 is 1.47. The van der Waals surface area contributed by atoms with Crippen LogP contribution in [0.3, 0.4) is 0 Å². The number of hydrogen-bond acceptors (Lipinski definition) is 4. The quantitative estimate of drug-likeness (QED) is 0.410. The van der Waals surface area contributed by atoms with Crippen LogP contribution in [0.2, 0.25) is 0 Å². The van der Waals surface area contributed by atoms with Crippen LogP contribution < -0.4 is 10.7 Å². The highest BCUT2D eigenvalue weighted by atomic mass is 32.1. The van der Waals surface area contributed by atoms with Crippen LogP contribution in [0, 0.1) is 0 Å². The van der Waals surface area contributed by atoms with Crippen molar-refractivity contribution in [1.82, 2.24) is 9.55 Å². The molecule has 0 aliphatic heterocycles. The molecule has 6 heteroatoms. The summed E-state index contributed by atoms with van der Waals surface area (Å²) in [6, 6.07) is 24.9. The SMILES string of the molecule is O=C(Cn1c2ccccc2c(=O)c2ccccc21)Nc1ncc(Cc2ccccc2)s1. The van der Waals surface area contributed by atoms with Crippen LogP contribution in [0.4, 0.5) is 5.13 Å². The number of benzene rings is 3. The molecule has 5 rings (SSSR count). The van der Waals surface area contributed by atoms with Gasteiger partial charge >= 0.3 is 0 Å². The summed E-state index contributed by atoms with van der Waals surface area (Å²) in [5, 5.41) is 4.69. The van der Waals surface area contributed by atoms with Crippen LogP contribution in [-0.4, -0.2) is 15.5 Å². The molecule has 0 saturated heterocycles. The molecule has 0 unspecified atom stereocenters. The van der Waals surface area contributed by atoms with E-state index in [2.05, 4.69) is 22.4 Å². The molecule has 0 fully saturated rings. The van der Waals surface area contributed by atoms with Crippen molar-refractivity contribution in [2.45, 2.75) is 13.0 Å². The zero-order chi connectivity index (χ0) is 21.2. The third-order valence-corrected chi connectivity index (χ3v) is 6.11. The van der Waals surface area contributed by atoms with Gasteiger partial charge in [-0.25, -0.2) is 4.98 Å². The van der Waals surface area contributed by atoms with Gasteiger partial charge < -0.3 is 9.88 Å². The molecule has 1 N–H and O–H groups in total. The fourth-order valence-electron chi connectivity index (χ4n) is 3.79. The van der Waals surface area contributed by atoms with Crippen molar-refractivity contribution in [2.75, 3.05) is 5.32 Å². The fraction of sp³-hybridized carbons (Fsp3) is 0.0800. The highest BCUT2D eigenvalue weighted by Gasteiger charge is 2.14. The number of nitrogens with one attached hydrogen (secondary N) is 1. The first-order valence-electron chi connectivity index (χ1n) is 9.98.